The van der Waals surface area contributed by atoms with Crippen LogP contribution in [0.1, 0.15) is 10.4 Å². The van der Waals surface area contributed by atoms with Crippen molar-refractivity contribution in [3.05, 3.63) is 65.6 Å². The van der Waals surface area contributed by atoms with E-state index in [0.29, 0.717) is 0 Å². The second-order valence-corrected chi connectivity index (χ2v) is 5.02. The van der Waals surface area contributed by atoms with Crippen LogP contribution in [0.25, 0.3) is 22.6 Å². The molecule has 3 aromatic rings. The van der Waals surface area contributed by atoms with Crippen molar-refractivity contribution in [1.29, 1.82) is 0 Å². The van der Waals surface area contributed by atoms with Gasteiger partial charge in [0.1, 0.15) is 5.75 Å². The van der Waals surface area contributed by atoms with Gasteiger partial charge in [0.2, 0.25) is 0 Å². The highest BCUT2D eigenvalue weighted by Crippen LogP contribution is 2.29. The predicted molar refractivity (Wildman–Crippen MR) is 81.4 cm³/mol. The number of hydrogen-bond donors (Lipinski definition) is 2. The lowest BCUT2D eigenvalue weighted by Gasteiger charge is -2.09. The summed E-state index contributed by atoms with van der Waals surface area (Å²) in [6, 6.07) is 6.63. The quantitative estimate of drug-likeness (QED) is 0.708. The molecular weight excluding hydrogens is 337 g/mol. The van der Waals surface area contributed by atoms with Crippen molar-refractivity contribution in [1.82, 2.24) is 9.97 Å². The highest BCUT2D eigenvalue weighted by atomic mass is 19.2. The maximum absolute atomic E-state index is 13.9. The summed E-state index contributed by atoms with van der Waals surface area (Å²) < 4.78 is 40.4. The second kappa shape index (κ2) is 6.23. The standard InChI is InChI=1S/C17H9F3N2O3/c18-12-4-3-10(14(19)15(12)20)16-21-6-5-13(22-16)11-7-8(23)1-2-9(11)17(24)25/h1-7,23H,(H,24,25). The van der Waals surface area contributed by atoms with Crippen molar-refractivity contribution < 1.29 is 28.2 Å². The Morgan fingerprint density at radius 1 is 0.960 bits per heavy atom. The fourth-order valence-corrected chi connectivity index (χ4v) is 2.27. The Bertz CT molecular complexity index is 993. The monoisotopic (exact) mass is 346 g/mol. The van der Waals surface area contributed by atoms with E-state index in [0.717, 1.165) is 12.1 Å². The minimum atomic E-state index is -1.66. The molecule has 1 heterocycles. The van der Waals surface area contributed by atoms with E-state index in [4.69, 9.17) is 0 Å². The number of carboxylic acid groups (broad SMARTS) is 1. The summed E-state index contributed by atoms with van der Waals surface area (Å²) in [7, 11) is 0. The Hall–Kier alpha value is -3.42. The van der Waals surface area contributed by atoms with Gasteiger partial charge in [0.05, 0.1) is 16.8 Å². The van der Waals surface area contributed by atoms with Crippen molar-refractivity contribution in [3.63, 3.8) is 0 Å². The van der Waals surface area contributed by atoms with Gasteiger partial charge in [-0.25, -0.2) is 27.9 Å². The molecule has 8 heteroatoms. The zero-order valence-electron chi connectivity index (χ0n) is 12.4. The van der Waals surface area contributed by atoms with Crippen LogP contribution in [-0.2, 0) is 0 Å². The number of aromatic nitrogens is 2. The summed E-state index contributed by atoms with van der Waals surface area (Å²) in [5, 5.41) is 18.8. The number of hydrogen-bond acceptors (Lipinski definition) is 4. The third kappa shape index (κ3) is 3.01. The molecule has 0 spiro atoms. The van der Waals surface area contributed by atoms with E-state index < -0.39 is 23.4 Å². The molecule has 3 rings (SSSR count). The molecule has 126 valence electrons. The Morgan fingerprint density at radius 2 is 1.72 bits per heavy atom. The fraction of sp³-hybridized carbons (Fsp3) is 0. The van der Waals surface area contributed by atoms with E-state index in [1.54, 1.807) is 0 Å². The minimum Gasteiger partial charge on any atom is -0.508 e. The van der Waals surface area contributed by atoms with Gasteiger partial charge < -0.3 is 10.2 Å². The van der Waals surface area contributed by atoms with Crippen LogP contribution in [0.5, 0.6) is 5.75 Å². The zero-order chi connectivity index (χ0) is 18.1. The molecule has 0 aliphatic rings. The Kier molecular flexibility index (Phi) is 4.10. The van der Waals surface area contributed by atoms with Gasteiger partial charge in [-0.1, -0.05) is 0 Å². The highest BCUT2D eigenvalue weighted by Gasteiger charge is 2.19. The molecule has 0 radical (unpaired) electrons. The summed E-state index contributed by atoms with van der Waals surface area (Å²) in [5.41, 5.74) is -0.382. The van der Waals surface area contributed by atoms with E-state index in [2.05, 4.69) is 9.97 Å². The first-order valence-electron chi connectivity index (χ1n) is 6.92. The Morgan fingerprint density at radius 3 is 2.44 bits per heavy atom. The summed E-state index contributed by atoms with van der Waals surface area (Å²) in [5.74, 6) is -6.16. The number of carbonyl (C=O) groups is 1. The molecule has 25 heavy (non-hydrogen) atoms. The van der Waals surface area contributed by atoms with Crippen molar-refractivity contribution in [2.75, 3.05) is 0 Å². The van der Waals surface area contributed by atoms with Gasteiger partial charge in [0.25, 0.3) is 0 Å². The lowest BCUT2D eigenvalue weighted by Crippen LogP contribution is -2.02. The topological polar surface area (TPSA) is 83.3 Å². The maximum Gasteiger partial charge on any atom is 0.336 e. The number of nitrogens with zero attached hydrogens (tertiary/aromatic N) is 2. The third-order valence-corrected chi connectivity index (χ3v) is 3.44. The average molecular weight is 346 g/mol. The van der Waals surface area contributed by atoms with Gasteiger partial charge in [-0.2, -0.15) is 0 Å². The number of aromatic carboxylic acids is 1. The number of benzene rings is 2. The lowest BCUT2D eigenvalue weighted by molar-refractivity contribution is 0.0697. The smallest absolute Gasteiger partial charge is 0.336 e. The van der Waals surface area contributed by atoms with Gasteiger partial charge in [-0.3, -0.25) is 0 Å². The van der Waals surface area contributed by atoms with Crippen LogP contribution >= 0.6 is 0 Å². The molecule has 0 amide bonds. The molecule has 0 aliphatic carbocycles. The molecule has 0 fully saturated rings. The van der Waals surface area contributed by atoms with Crippen LogP contribution in [0.4, 0.5) is 13.2 Å². The largest absolute Gasteiger partial charge is 0.508 e. The van der Waals surface area contributed by atoms with E-state index in [1.807, 2.05) is 0 Å². The van der Waals surface area contributed by atoms with Gasteiger partial charge in [0.15, 0.2) is 23.3 Å². The molecular formula is C17H9F3N2O3. The SMILES string of the molecule is O=C(O)c1ccc(O)cc1-c1ccnc(-c2ccc(F)c(F)c2F)n1. The predicted octanol–water partition coefficient (Wildman–Crippen LogP) is 3.63. The van der Waals surface area contributed by atoms with Gasteiger partial charge >= 0.3 is 5.97 Å². The van der Waals surface area contributed by atoms with E-state index in [-0.39, 0.29) is 34.0 Å². The van der Waals surface area contributed by atoms with Crippen molar-refractivity contribution in [3.8, 4) is 28.4 Å². The van der Waals surface area contributed by atoms with Crippen molar-refractivity contribution in [2.45, 2.75) is 0 Å². The van der Waals surface area contributed by atoms with Crippen molar-refractivity contribution >= 4 is 5.97 Å². The normalized spacial score (nSPS) is 10.7. The van der Waals surface area contributed by atoms with Crippen LogP contribution in [0.2, 0.25) is 0 Å². The molecule has 0 bridgehead atoms. The summed E-state index contributed by atoms with van der Waals surface area (Å²) >= 11 is 0. The molecule has 2 aromatic carbocycles. The molecule has 5 nitrogen and oxygen atoms in total. The van der Waals surface area contributed by atoms with Crippen LogP contribution in [0, 0.1) is 17.5 Å². The number of halogens is 3. The summed E-state index contributed by atoms with van der Waals surface area (Å²) in [6.45, 7) is 0. The van der Waals surface area contributed by atoms with Crippen LogP contribution in [0.3, 0.4) is 0 Å². The fourth-order valence-electron chi connectivity index (χ4n) is 2.27. The van der Waals surface area contributed by atoms with Crippen LogP contribution < -0.4 is 0 Å². The molecule has 0 saturated carbocycles. The second-order valence-electron chi connectivity index (χ2n) is 5.02. The Labute approximate surface area is 139 Å². The first kappa shape index (κ1) is 16.4. The van der Waals surface area contributed by atoms with Crippen LogP contribution in [-0.4, -0.2) is 26.2 Å². The molecule has 0 aliphatic heterocycles. The zero-order valence-corrected chi connectivity index (χ0v) is 12.4. The first-order chi connectivity index (χ1) is 11.9. The molecule has 1 aromatic heterocycles. The molecule has 0 unspecified atom stereocenters. The van der Waals surface area contributed by atoms with Crippen molar-refractivity contribution in [2.24, 2.45) is 0 Å². The summed E-state index contributed by atoms with van der Waals surface area (Å²) in [4.78, 5) is 19.1. The highest BCUT2D eigenvalue weighted by molar-refractivity contribution is 5.95. The van der Waals surface area contributed by atoms with Crippen LogP contribution in [0.15, 0.2) is 42.6 Å². The number of carboxylic acids is 1. The van der Waals surface area contributed by atoms with E-state index in [9.17, 15) is 28.2 Å². The maximum atomic E-state index is 13.9. The van der Waals surface area contributed by atoms with Gasteiger partial charge in [0, 0.05) is 11.8 Å². The number of rotatable bonds is 3. The van der Waals surface area contributed by atoms with E-state index >= 15 is 0 Å². The summed E-state index contributed by atoms with van der Waals surface area (Å²) in [6.07, 6.45) is 1.22. The van der Waals surface area contributed by atoms with Gasteiger partial charge in [-0.15, -0.1) is 0 Å². The number of phenolic OH excluding ortho intramolecular Hbond substituents is 1. The number of aromatic hydroxyl groups is 1. The molecule has 0 atom stereocenters. The van der Waals surface area contributed by atoms with Gasteiger partial charge in [-0.05, 0) is 36.4 Å². The first-order valence-corrected chi connectivity index (χ1v) is 6.92. The number of phenols is 1. The van der Waals surface area contributed by atoms with E-state index in [1.165, 1.54) is 30.5 Å². The molecule has 2 N–H and O–H groups in total. The Balaban J connectivity index is 2.18. The minimum absolute atomic E-state index is 0.0686. The average Bonchev–Trinajstić information content (AvgIpc) is 2.59. The lowest BCUT2D eigenvalue weighted by atomic mass is 10.0. The third-order valence-electron chi connectivity index (χ3n) is 3.44. The molecule has 0 saturated heterocycles.